The van der Waals surface area contributed by atoms with Gasteiger partial charge in [0.1, 0.15) is 5.82 Å². The molecule has 0 aliphatic rings. The highest BCUT2D eigenvalue weighted by Crippen LogP contribution is 2.10. The lowest BCUT2D eigenvalue weighted by Gasteiger charge is -2.13. The molecular formula is C18H23FN4O2S. The maximum absolute atomic E-state index is 13.3. The van der Waals surface area contributed by atoms with Gasteiger partial charge in [-0.15, -0.1) is 0 Å². The Bertz CT molecular complexity index is 881. The Hall–Kier alpha value is -2.45. The largest absolute Gasteiger partial charge is 0.352 e. The minimum absolute atomic E-state index is 0.220. The third-order valence-corrected chi connectivity index (χ3v) is 5.30. The van der Waals surface area contributed by atoms with Crippen LogP contribution in [0.5, 0.6) is 0 Å². The average molecular weight is 378 g/mol. The summed E-state index contributed by atoms with van der Waals surface area (Å²) in [6.07, 6.45) is 0. The maximum Gasteiger partial charge on any atom is 0.240 e. The van der Waals surface area contributed by atoms with Crippen molar-refractivity contribution in [3.8, 4) is 0 Å². The normalized spacial score (nSPS) is 12.1. The second-order valence-electron chi connectivity index (χ2n) is 5.71. The Kier molecular flexibility index (Phi) is 6.70. The van der Waals surface area contributed by atoms with Crippen molar-refractivity contribution >= 4 is 16.0 Å². The van der Waals surface area contributed by atoms with Gasteiger partial charge in [-0.25, -0.2) is 17.5 Å². The van der Waals surface area contributed by atoms with Gasteiger partial charge in [0.05, 0.1) is 4.90 Å². The lowest BCUT2D eigenvalue weighted by Crippen LogP contribution is -2.36. The van der Waals surface area contributed by atoms with Gasteiger partial charge < -0.3 is 10.6 Å². The minimum Gasteiger partial charge on any atom is -0.352 e. The average Bonchev–Trinajstić information content (AvgIpc) is 2.65. The lowest BCUT2D eigenvalue weighted by atomic mass is 10.1. The quantitative estimate of drug-likeness (QED) is 0.530. The van der Waals surface area contributed by atoms with Crippen molar-refractivity contribution in [2.45, 2.75) is 24.9 Å². The van der Waals surface area contributed by atoms with Crippen LogP contribution in [-0.4, -0.2) is 28.5 Å². The van der Waals surface area contributed by atoms with E-state index >= 15 is 0 Å². The molecular weight excluding hydrogens is 355 g/mol. The predicted octanol–water partition coefficient (Wildman–Crippen LogP) is 1.91. The van der Waals surface area contributed by atoms with Gasteiger partial charge >= 0.3 is 0 Å². The summed E-state index contributed by atoms with van der Waals surface area (Å²) >= 11 is 0. The Labute approximate surface area is 153 Å². The second-order valence-corrected chi connectivity index (χ2v) is 7.60. The minimum atomic E-state index is -3.43. The van der Waals surface area contributed by atoms with E-state index in [-0.39, 0.29) is 10.7 Å². The fourth-order valence-electron chi connectivity index (χ4n) is 2.31. The third kappa shape index (κ3) is 5.27. The summed E-state index contributed by atoms with van der Waals surface area (Å²) in [4.78, 5) is 4.36. The van der Waals surface area contributed by atoms with Crippen molar-refractivity contribution in [3.05, 3.63) is 65.0 Å². The van der Waals surface area contributed by atoms with E-state index in [0.717, 1.165) is 11.1 Å². The Balaban J connectivity index is 1.91. The molecule has 0 spiro atoms. The molecule has 6 nitrogen and oxygen atoms in total. The fraction of sp³-hybridized carbons (Fsp3) is 0.278. The number of halogens is 1. The van der Waals surface area contributed by atoms with E-state index in [1.54, 1.807) is 50.4 Å². The van der Waals surface area contributed by atoms with Crippen LogP contribution < -0.4 is 15.4 Å². The van der Waals surface area contributed by atoms with Crippen molar-refractivity contribution < 1.29 is 12.8 Å². The number of nitrogens with zero attached hydrogens (tertiary/aromatic N) is 1. The molecule has 0 bridgehead atoms. The molecule has 2 rings (SSSR count). The summed E-state index contributed by atoms with van der Waals surface area (Å²) in [5.74, 6) is 0.374. The smallest absolute Gasteiger partial charge is 0.240 e. The Morgan fingerprint density at radius 3 is 2.15 bits per heavy atom. The van der Waals surface area contributed by atoms with E-state index < -0.39 is 10.0 Å². The van der Waals surface area contributed by atoms with E-state index in [2.05, 4.69) is 20.3 Å². The molecule has 0 radical (unpaired) electrons. The summed E-state index contributed by atoms with van der Waals surface area (Å²) in [7, 11) is -0.391. The highest BCUT2D eigenvalue weighted by molar-refractivity contribution is 7.89. The van der Waals surface area contributed by atoms with E-state index in [0.29, 0.717) is 24.6 Å². The van der Waals surface area contributed by atoms with Crippen LogP contribution in [0.3, 0.4) is 0 Å². The van der Waals surface area contributed by atoms with Gasteiger partial charge in [0.25, 0.3) is 0 Å². The van der Waals surface area contributed by atoms with E-state index in [1.165, 1.54) is 13.1 Å². The highest BCUT2D eigenvalue weighted by atomic mass is 32.2. The number of nitrogens with one attached hydrogen (secondary N) is 3. The van der Waals surface area contributed by atoms with Gasteiger partial charge in [-0.2, -0.15) is 0 Å². The first-order chi connectivity index (χ1) is 12.4. The van der Waals surface area contributed by atoms with Crippen molar-refractivity contribution in [1.82, 2.24) is 15.4 Å². The molecule has 0 heterocycles. The van der Waals surface area contributed by atoms with Crippen LogP contribution in [0, 0.1) is 12.7 Å². The lowest BCUT2D eigenvalue weighted by molar-refractivity contribution is 0.588. The van der Waals surface area contributed by atoms with E-state index in [9.17, 15) is 12.8 Å². The van der Waals surface area contributed by atoms with E-state index in [4.69, 9.17) is 0 Å². The van der Waals surface area contributed by atoms with Crippen LogP contribution in [0.4, 0.5) is 4.39 Å². The number of aryl methyl sites for hydroxylation is 1. The molecule has 0 aliphatic heterocycles. The second kappa shape index (κ2) is 8.77. The molecule has 0 atom stereocenters. The zero-order valence-electron chi connectivity index (χ0n) is 15.0. The van der Waals surface area contributed by atoms with Crippen LogP contribution in [0.2, 0.25) is 0 Å². The van der Waals surface area contributed by atoms with Gasteiger partial charge in [-0.1, -0.05) is 24.3 Å². The zero-order chi connectivity index (χ0) is 19.2. The van der Waals surface area contributed by atoms with Crippen LogP contribution in [-0.2, 0) is 23.1 Å². The summed E-state index contributed by atoms with van der Waals surface area (Å²) in [5, 5.41) is 6.31. The topological polar surface area (TPSA) is 82.6 Å². The van der Waals surface area contributed by atoms with Crippen molar-refractivity contribution in [1.29, 1.82) is 0 Å². The first kappa shape index (κ1) is 19.9. The first-order valence-corrected chi connectivity index (χ1v) is 9.56. The van der Waals surface area contributed by atoms with Gasteiger partial charge in [0, 0.05) is 20.1 Å². The molecule has 0 amide bonds. The standard InChI is InChI=1S/C18H23FN4O2S/c1-13-10-15(6-9-17(13)19)12-23-18(20-2)22-11-14-4-7-16(8-5-14)26(24,25)21-3/h4-10,21H,11-12H2,1-3H3,(H2,20,22,23). The molecule has 0 saturated carbocycles. The molecule has 2 aromatic rings. The zero-order valence-corrected chi connectivity index (χ0v) is 15.8. The van der Waals surface area contributed by atoms with Gasteiger partial charge in [0.2, 0.25) is 10.0 Å². The number of guanidine groups is 1. The number of hydrogen-bond donors (Lipinski definition) is 3. The Morgan fingerprint density at radius 2 is 1.62 bits per heavy atom. The molecule has 0 unspecified atom stereocenters. The van der Waals surface area contributed by atoms with E-state index in [1.807, 2.05) is 0 Å². The SMILES string of the molecule is CN=C(NCc1ccc(S(=O)(=O)NC)cc1)NCc1ccc(F)c(C)c1. The third-order valence-electron chi connectivity index (χ3n) is 3.87. The molecule has 0 saturated heterocycles. The molecule has 0 aromatic heterocycles. The molecule has 0 fully saturated rings. The Morgan fingerprint density at radius 1 is 1.04 bits per heavy atom. The van der Waals surface area contributed by atoms with Crippen molar-refractivity contribution in [2.24, 2.45) is 4.99 Å². The molecule has 3 N–H and O–H groups in total. The van der Waals surface area contributed by atoms with Crippen molar-refractivity contribution in [2.75, 3.05) is 14.1 Å². The summed E-state index contributed by atoms with van der Waals surface area (Å²) in [5.41, 5.74) is 2.47. The van der Waals surface area contributed by atoms with Crippen molar-refractivity contribution in [3.63, 3.8) is 0 Å². The van der Waals surface area contributed by atoms with Crippen LogP contribution >= 0.6 is 0 Å². The number of sulfonamides is 1. The number of rotatable bonds is 6. The molecule has 0 aliphatic carbocycles. The summed E-state index contributed by atoms with van der Waals surface area (Å²) in [6.45, 7) is 2.73. The highest BCUT2D eigenvalue weighted by Gasteiger charge is 2.10. The first-order valence-electron chi connectivity index (χ1n) is 8.07. The van der Waals surface area contributed by atoms with Crippen LogP contribution in [0.15, 0.2) is 52.4 Å². The van der Waals surface area contributed by atoms with Gasteiger partial charge in [-0.3, -0.25) is 4.99 Å². The van der Waals surface area contributed by atoms with Gasteiger partial charge in [0.15, 0.2) is 5.96 Å². The fourth-order valence-corrected chi connectivity index (χ4v) is 3.04. The predicted molar refractivity (Wildman–Crippen MR) is 101 cm³/mol. The maximum atomic E-state index is 13.3. The molecule has 140 valence electrons. The summed E-state index contributed by atoms with van der Waals surface area (Å²) < 4.78 is 39.0. The van der Waals surface area contributed by atoms with Crippen LogP contribution in [0.1, 0.15) is 16.7 Å². The number of benzene rings is 2. The molecule has 26 heavy (non-hydrogen) atoms. The number of aliphatic imine (C=N–C) groups is 1. The molecule has 8 heteroatoms. The van der Waals surface area contributed by atoms with Crippen LogP contribution in [0.25, 0.3) is 0 Å². The monoisotopic (exact) mass is 378 g/mol. The van der Waals surface area contributed by atoms with Gasteiger partial charge in [-0.05, 0) is 48.9 Å². The number of hydrogen-bond acceptors (Lipinski definition) is 3. The summed E-state index contributed by atoms with van der Waals surface area (Å²) in [6, 6.07) is 11.6. The molecule has 2 aromatic carbocycles.